The van der Waals surface area contributed by atoms with Gasteiger partial charge in [-0.1, -0.05) is 11.5 Å². The molecular weight excluding hydrogens is 152 g/mol. The van der Waals surface area contributed by atoms with Crippen molar-refractivity contribution in [3.05, 3.63) is 36.4 Å². The van der Waals surface area contributed by atoms with Crippen molar-refractivity contribution in [2.24, 2.45) is 0 Å². The Labute approximate surface area is 70.7 Å². The molecule has 2 radical (unpaired) electrons. The molecule has 0 saturated heterocycles. The molecule has 56 valence electrons. The van der Waals surface area contributed by atoms with E-state index >= 15 is 0 Å². The Morgan fingerprint density at radius 3 is 2.75 bits per heavy atom. The number of fused-ring (bicyclic) bond motifs is 1. The van der Waals surface area contributed by atoms with Gasteiger partial charge in [-0.3, -0.25) is 4.98 Å². The molecule has 1 heterocycles. The zero-order valence-electron chi connectivity index (χ0n) is 6.29. The summed E-state index contributed by atoms with van der Waals surface area (Å²) < 4.78 is 13.1. The molecule has 0 aliphatic rings. The van der Waals surface area contributed by atoms with E-state index < -0.39 is 0 Å². The van der Waals surface area contributed by atoms with Gasteiger partial charge in [0.15, 0.2) is 0 Å². The van der Waals surface area contributed by atoms with Gasteiger partial charge in [0.25, 0.3) is 0 Å². The van der Waals surface area contributed by atoms with E-state index in [9.17, 15) is 4.39 Å². The van der Waals surface area contributed by atoms with Crippen LogP contribution in [-0.4, -0.2) is 12.8 Å². The summed E-state index contributed by atoms with van der Waals surface area (Å²) in [7, 11) is 5.63. The van der Waals surface area contributed by atoms with E-state index in [2.05, 4.69) is 4.98 Å². The molecule has 0 spiro atoms. The Morgan fingerprint density at radius 2 is 2.00 bits per heavy atom. The highest BCUT2D eigenvalue weighted by Gasteiger charge is 2.00. The van der Waals surface area contributed by atoms with Crippen molar-refractivity contribution in [1.82, 2.24) is 4.98 Å². The first-order valence-corrected chi connectivity index (χ1v) is 3.57. The molecule has 2 aromatic rings. The van der Waals surface area contributed by atoms with Gasteiger partial charge < -0.3 is 0 Å². The van der Waals surface area contributed by atoms with E-state index in [-0.39, 0.29) is 5.82 Å². The quantitative estimate of drug-likeness (QED) is 0.523. The molecule has 0 saturated carbocycles. The number of nitrogens with zero attached hydrogens (tertiary/aromatic N) is 1. The summed E-state index contributed by atoms with van der Waals surface area (Å²) in [6.07, 6.45) is 3.07. The lowest BCUT2D eigenvalue weighted by atomic mass is 9.91. The van der Waals surface area contributed by atoms with E-state index in [0.717, 1.165) is 0 Å². The van der Waals surface area contributed by atoms with Crippen molar-refractivity contribution in [2.45, 2.75) is 0 Å². The van der Waals surface area contributed by atoms with Gasteiger partial charge >= 0.3 is 0 Å². The van der Waals surface area contributed by atoms with Crippen LogP contribution in [0.1, 0.15) is 0 Å². The third-order valence-corrected chi connectivity index (χ3v) is 1.80. The van der Waals surface area contributed by atoms with E-state index in [1.807, 2.05) is 0 Å². The fourth-order valence-electron chi connectivity index (χ4n) is 1.18. The van der Waals surface area contributed by atoms with Crippen molar-refractivity contribution in [3.63, 3.8) is 0 Å². The summed E-state index contributed by atoms with van der Waals surface area (Å²) in [5.41, 5.74) is 0.578. The fourth-order valence-corrected chi connectivity index (χ4v) is 1.18. The Hall–Kier alpha value is -1.38. The number of hydrogen-bond donors (Lipinski definition) is 0. The normalized spacial score (nSPS) is 10.4. The van der Waals surface area contributed by atoms with E-state index in [1.54, 1.807) is 18.3 Å². The molecule has 0 unspecified atom stereocenters. The third kappa shape index (κ3) is 0.980. The van der Waals surface area contributed by atoms with Crippen LogP contribution in [0.4, 0.5) is 4.39 Å². The summed E-state index contributed by atoms with van der Waals surface area (Å²) in [6, 6.07) is 4.60. The van der Waals surface area contributed by atoms with Crippen LogP contribution in [0.2, 0.25) is 0 Å². The maximum absolute atomic E-state index is 13.1. The highest BCUT2D eigenvalue weighted by Crippen LogP contribution is 2.12. The first-order chi connectivity index (χ1) is 5.79. The molecule has 0 aliphatic carbocycles. The average molecular weight is 157 g/mol. The number of halogens is 1. The number of benzene rings is 1. The van der Waals surface area contributed by atoms with Gasteiger partial charge in [-0.2, -0.15) is 0 Å². The molecule has 3 heteroatoms. The minimum atomic E-state index is -0.285. The zero-order valence-corrected chi connectivity index (χ0v) is 6.29. The standard InChI is InChI=1S/C9H5BFN/c10-8-1-2-9(11)7-5-12-4-3-6(7)8/h1-5H. The predicted octanol–water partition coefficient (Wildman–Crippen LogP) is 1.17. The third-order valence-electron chi connectivity index (χ3n) is 1.80. The van der Waals surface area contributed by atoms with Crippen LogP contribution in [0.25, 0.3) is 10.8 Å². The average Bonchev–Trinajstić information content (AvgIpc) is 2.12. The highest BCUT2D eigenvalue weighted by molar-refractivity contribution is 6.38. The van der Waals surface area contributed by atoms with Gasteiger partial charge in [-0.05, 0) is 17.5 Å². The molecule has 2 rings (SSSR count). The molecule has 0 atom stereocenters. The molecule has 0 bridgehead atoms. The predicted molar refractivity (Wildman–Crippen MR) is 47.1 cm³/mol. The summed E-state index contributed by atoms with van der Waals surface area (Å²) in [6.45, 7) is 0. The van der Waals surface area contributed by atoms with E-state index in [1.165, 1.54) is 12.3 Å². The van der Waals surface area contributed by atoms with Gasteiger partial charge in [0.1, 0.15) is 13.7 Å². The molecular formula is C9H5BFN. The Kier molecular flexibility index (Phi) is 1.57. The Morgan fingerprint density at radius 1 is 1.17 bits per heavy atom. The maximum atomic E-state index is 13.1. The minimum Gasteiger partial charge on any atom is -0.264 e. The number of pyridine rings is 1. The van der Waals surface area contributed by atoms with Crippen molar-refractivity contribution in [2.75, 3.05) is 0 Å². The molecule has 0 amide bonds. The van der Waals surface area contributed by atoms with Crippen LogP contribution < -0.4 is 5.46 Å². The highest BCUT2D eigenvalue weighted by atomic mass is 19.1. The van der Waals surface area contributed by atoms with Crippen molar-refractivity contribution in [3.8, 4) is 0 Å². The minimum absolute atomic E-state index is 0.285. The van der Waals surface area contributed by atoms with Crippen LogP contribution >= 0.6 is 0 Å². The Balaban J connectivity index is 2.95. The first-order valence-electron chi connectivity index (χ1n) is 3.57. The molecule has 1 aromatic heterocycles. The van der Waals surface area contributed by atoms with Gasteiger partial charge in [-0.15, -0.1) is 0 Å². The summed E-state index contributed by atoms with van der Waals surface area (Å²) in [5.74, 6) is -0.285. The molecule has 0 aliphatic heterocycles. The maximum Gasteiger partial charge on any atom is 0.132 e. The number of hydrogen-bond acceptors (Lipinski definition) is 1. The Bertz CT molecular complexity index is 387. The molecule has 0 N–H and O–H groups in total. The van der Waals surface area contributed by atoms with Crippen molar-refractivity contribution >= 4 is 24.1 Å². The number of aromatic nitrogens is 1. The van der Waals surface area contributed by atoms with Crippen molar-refractivity contribution in [1.29, 1.82) is 0 Å². The van der Waals surface area contributed by atoms with E-state index in [4.69, 9.17) is 7.85 Å². The van der Waals surface area contributed by atoms with Gasteiger partial charge in [-0.25, -0.2) is 4.39 Å². The lowest BCUT2D eigenvalue weighted by molar-refractivity contribution is 0.640. The van der Waals surface area contributed by atoms with Crippen LogP contribution in [-0.2, 0) is 0 Å². The molecule has 0 fully saturated rings. The van der Waals surface area contributed by atoms with Crippen LogP contribution in [0.5, 0.6) is 0 Å². The molecule has 12 heavy (non-hydrogen) atoms. The van der Waals surface area contributed by atoms with Crippen LogP contribution in [0.3, 0.4) is 0 Å². The van der Waals surface area contributed by atoms with E-state index in [0.29, 0.717) is 16.2 Å². The lowest BCUT2D eigenvalue weighted by Crippen LogP contribution is -2.04. The van der Waals surface area contributed by atoms with Crippen LogP contribution in [0, 0.1) is 5.82 Å². The zero-order chi connectivity index (χ0) is 8.55. The smallest absolute Gasteiger partial charge is 0.132 e. The SMILES string of the molecule is [B]c1ccc(F)c2cnccc12. The second-order valence-electron chi connectivity index (χ2n) is 2.56. The summed E-state index contributed by atoms with van der Waals surface area (Å²) in [4.78, 5) is 3.82. The van der Waals surface area contributed by atoms with Crippen molar-refractivity contribution < 1.29 is 4.39 Å². The largest absolute Gasteiger partial charge is 0.264 e. The molecule has 1 nitrogen and oxygen atoms in total. The first kappa shape index (κ1) is 7.28. The number of rotatable bonds is 0. The fraction of sp³-hybridized carbons (Fsp3) is 0. The lowest BCUT2D eigenvalue weighted by Gasteiger charge is -2.01. The van der Waals surface area contributed by atoms with Gasteiger partial charge in [0.2, 0.25) is 0 Å². The summed E-state index contributed by atoms with van der Waals surface area (Å²) >= 11 is 0. The second kappa shape index (κ2) is 2.59. The summed E-state index contributed by atoms with van der Waals surface area (Å²) in [5, 5.41) is 1.18. The monoisotopic (exact) mass is 157 g/mol. The topological polar surface area (TPSA) is 12.9 Å². The van der Waals surface area contributed by atoms with Gasteiger partial charge in [0, 0.05) is 17.8 Å². The van der Waals surface area contributed by atoms with Crippen LogP contribution in [0.15, 0.2) is 30.6 Å². The second-order valence-corrected chi connectivity index (χ2v) is 2.56. The van der Waals surface area contributed by atoms with Gasteiger partial charge in [0.05, 0.1) is 0 Å². The molecule has 1 aromatic carbocycles.